The first-order valence-electron chi connectivity index (χ1n) is 11.9. The molecule has 6 aromatic rings. The Labute approximate surface area is 213 Å². The van der Waals surface area contributed by atoms with E-state index >= 15 is 0 Å². The predicted octanol–water partition coefficient (Wildman–Crippen LogP) is 9.55. The fraction of sp³-hybridized carbons (Fsp3) is 0.0968. The Morgan fingerprint density at radius 3 is 2.11 bits per heavy atom. The molecular weight excluding hydrogens is 471 g/mol. The van der Waals surface area contributed by atoms with Gasteiger partial charge in [0.25, 0.3) is 0 Å². The average molecular weight is 493 g/mol. The van der Waals surface area contributed by atoms with Crippen molar-refractivity contribution in [3.8, 4) is 11.4 Å². The van der Waals surface area contributed by atoms with Crippen LogP contribution in [-0.4, -0.2) is 9.13 Å². The van der Waals surface area contributed by atoms with E-state index in [9.17, 15) is 0 Å². The number of fused-ring (bicyclic) bond motifs is 6. The highest BCUT2D eigenvalue weighted by atomic mass is 35.5. The van der Waals surface area contributed by atoms with Gasteiger partial charge in [0, 0.05) is 43.3 Å². The summed E-state index contributed by atoms with van der Waals surface area (Å²) >= 11 is 12.8. The summed E-state index contributed by atoms with van der Waals surface area (Å²) in [7, 11) is 0. The smallest absolute Gasteiger partial charge is 0.0542 e. The van der Waals surface area contributed by atoms with Gasteiger partial charge in [-0.3, -0.25) is 0 Å². The van der Waals surface area contributed by atoms with E-state index in [4.69, 9.17) is 23.2 Å². The van der Waals surface area contributed by atoms with Crippen LogP contribution in [0.2, 0.25) is 10.0 Å². The van der Waals surface area contributed by atoms with Gasteiger partial charge < -0.3 is 9.13 Å². The van der Waals surface area contributed by atoms with Crippen molar-refractivity contribution < 1.29 is 0 Å². The summed E-state index contributed by atoms with van der Waals surface area (Å²) in [6, 6.07) is 29.7. The molecule has 0 N–H and O–H groups in total. The summed E-state index contributed by atoms with van der Waals surface area (Å²) < 4.78 is 4.71. The van der Waals surface area contributed by atoms with Crippen LogP contribution in [0.25, 0.3) is 50.2 Å². The van der Waals surface area contributed by atoms with E-state index in [0.717, 1.165) is 38.7 Å². The fourth-order valence-corrected chi connectivity index (χ4v) is 6.11. The van der Waals surface area contributed by atoms with E-state index in [2.05, 4.69) is 101 Å². The van der Waals surface area contributed by atoms with Crippen molar-refractivity contribution in [2.75, 3.05) is 0 Å². The number of rotatable bonds is 2. The Bertz CT molecular complexity index is 1820. The minimum atomic E-state index is 0.447. The molecule has 0 radical (unpaired) electrons. The molecule has 1 atom stereocenters. The van der Waals surface area contributed by atoms with Crippen LogP contribution in [-0.2, 0) is 0 Å². The Kier molecular flexibility index (Phi) is 4.64. The van der Waals surface area contributed by atoms with Gasteiger partial charge in [0.2, 0.25) is 0 Å². The molecule has 0 amide bonds. The number of benzene rings is 4. The van der Waals surface area contributed by atoms with E-state index in [0.29, 0.717) is 5.92 Å². The highest BCUT2D eigenvalue weighted by molar-refractivity contribution is 6.32. The first kappa shape index (κ1) is 20.9. The van der Waals surface area contributed by atoms with Crippen molar-refractivity contribution in [3.63, 3.8) is 0 Å². The third-order valence-electron chi connectivity index (χ3n) is 7.25. The molecule has 4 aromatic carbocycles. The number of para-hydroxylation sites is 1. The quantitative estimate of drug-likeness (QED) is 0.227. The molecule has 2 heterocycles. The van der Waals surface area contributed by atoms with Crippen LogP contribution in [0.3, 0.4) is 0 Å². The van der Waals surface area contributed by atoms with Crippen molar-refractivity contribution in [2.45, 2.75) is 19.3 Å². The van der Waals surface area contributed by atoms with E-state index in [-0.39, 0.29) is 0 Å². The Morgan fingerprint density at radius 1 is 0.657 bits per heavy atom. The summed E-state index contributed by atoms with van der Waals surface area (Å²) in [4.78, 5) is 0. The summed E-state index contributed by atoms with van der Waals surface area (Å²) in [6.07, 6.45) is 5.59. The van der Waals surface area contributed by atoms with Gasteiger partial charge in [-0.1, -0.05) is 60.5 Å². The summed E-state index contributed by atoms with van der Waals surface area (Å²) in [6.45, 7) is 2.30. The molecule has 0 fully saturated rings. The zero-order valence-corrected chi connectivity index (χ0v) is 20.7. The van der Waals surface area contributed by atoms with Crippen molar-refractivity contribution in [1.29, 1.82) is 0 Å². The lowest BCUT2D eigenvalue weighted by molar-refractivity contribution is 0.773. The number of halogens is 2. The molecule has 7 rings (SSSR count). The van der Waals surface area contributed by atoms with E-state index in [1.807, 2.05) is 12.1 Å². The third kappa shape index (κ3) is 3.10. The van der Waals surface area contributed by atoms with E-state index in [1.54, 1.807) is 0 Å². The van der Waals surface area contributed by atoms with E-state index < -0.39 is 0 Å². The molecule has 2 nitrogen and oxygen atoms in total. The van der Waals surface area contributed by atoms with Crippen LogP contribution < -0.4 is 0 Å². The summed E-state index contributed by atoms with van der Waals surface area (Å²) in [5.74, 6) is 0.447. The fourth-order valence-electron chi connectivity index (χ4n) is 5.76. The number of allylic oxidation sites excluding steroid dienone is 1. The zero-order valence-electron chi connectivity index (χ0n) is 19.2. The molecule has 0 aliphatic heterocycles. The number of hydrogen-bond donors (Lipinski definition) is 0. The maximum atomic E-state index is 6.44. The first-order valence-corrected chi connectivity index (χ1v) is 12.7. The highest BCUT2D eigenvalue weighted by Gasteiger charge is 2.23. The lowest BCUT2D eigenvalue weighted by Gasteiger charge is -2.17. The van der Waals surface area contributed by atoms with Crippen LogP contribution in [0.5, 0.6) is 0 Å². The normalized spacial score (nSPS) is 15.3. The largest absolute Gasteiger partial charge is 0.310 e. The lowest BCUT2D eigenvalue weighted by Crippen LogP contribution is -2.04. The van der Waals surface area contributed by atoms with Gasteiger partial charge >= 0.3 is 0 Å². The van der Waals surface area contributed by atoms with Crippen LogP contribution in [0.1, 0.15) is 30.5 Å². The van der Waals surface area contributed by atoms with Crippen LogP contribution in [0.4, 0.5) is 0 Å². The maximum absolute atomic E-state index is 6.44. The molecule has 0 bridgehead atoms. The summed E-state index contributed by atoms with van der Waals surface area (Å²) in [5, 5.41) is 5.12. The second kappa shape index (κ2) is 7.78. The molecule has 170 valence electrons. The second-order valence-corrected chi connectivity index (χ2v) is 10.2. The Balaban J connectivity index is 1.52. The average Bonchev–Trinajstić information content (AvgIpc) is 3.37. The van der Waals surface area contributed by atoms with Gasteiger partial charge in [0.05, 0.1) is 16.6 Å². The van der Waals surface area contributed by atoms with Gasteiger partial charge in [-0.15, -0.1) is 0 Å². The zero-order chi connectivity index (χ0) is 23.7. The SMILES string of the molecule is CC1CC=Cc2c1c1cc(Cl)ccc1n2-c1cccc(-n2c3ccccc3c3cc(Cl)ccc32)c1. The number of aromatic nitrogens is 2. The van der Waals surface area contributed by atoms with Crippen molar-refractivity contribution in [2.24, 2.45) is 0 Å². The molecular formula is C31H22Cl2N2. The molecule has 0 saturated carbocycles. The minimum absolute atomic E-state index is 0.447. The predicted molar refractivity (Wildman–Crippen MR) is 150 cm³/mol. The molecule has 0 spiro atoms. The number of hydrogen-bond acceptors (Lipinski definition) is 0. The molecule has 1 aliphatic rings. The van der Waals surface area contributed by atoms with Crippen LogP contribution in [0, 0.1) is 0 Å². The van der Waals surface area contributed by atoms with Gasteiger partial charge in [0.1, 0.15) is 0 Å². The van der Waals surface area contributed by atoms with Gasteiger partial charge in [-0.2, -0.15) is 0 Å². The Morgan fingerprint density at radius 2 is 1.31 bits per heavy atom. The molecule has 1 aliphatic carbocycles. The molecule has 35 heavy (non-hydrogen) atoms. The number of nitrogens with zero attached hydrogens (tertiary/aromatic N) is 2. The molecule has 4 heteroatoms. The van der Waals surface area contributed by atoms with Gasteiger partial charge in [-0.05, 0) is 84.6 Å². The Hall–Kier alpha value is -3.46. The van der Waals surface area contributed by atoms with Crippen molar-refractivity contribution >= 4 is 62.0 Å². The van der Waals surface area contributed by atoms with Gasteiger partial charge in [0.15, 0.2) is 0 Å². The monoisotopic (exact) mass is 492 g/mol. The maximum Gasteiger partial charge on any atom is 0.0542 e. The molecule has 1 unspecified atom stereocenters. The molecule has 2 aromatic heterocycles. The third-order valence-corrected chi connectivity index (χ3v) is 7.72. The minimum Gasteiger partial charge on any atom is -0.310 e. The standard InChI is InChI=1S/C31H22Cl2N2/c1-19-6-4-11-30-31(19)26-17-21(33)13-15-29(26)35(30)23-8-5-7-22(18-23)34-27-10-3-2-9-24(27)25-16-20(32)12-14-28(25)34/h2-5,7-19H,6H2,1H3. The summed E-state index contributed by atoms with van der Waals surface area (Å²) in [5.41, 5.74) is 8.37. The topological polar surface area (TPSA) is 9.86 Å². The first-order chi connectivity index (χ1) is 17.1. The van der Waals surface area contributed by atoms with Crippen molar-refractivity contribution in [1.82, 2.24) is 9.13 Å². The van der Waals surface area contributed by atoms with E-state index in [1.165, 1.54) is 33.1 Å². The van der Waals surface area contributed by atoms with Gasteiger partial charge in [-0.25, -0.2) is 0 Å². The lowest BCUT2D eigenvalue weighted by atomic mass is 9.91. The highest BCUT2D eigenvalue weighted by Crippen LogP contribution is 2.41. The van der Waals surface area contributed by atoms with Crippen molar-refractivity contribution in [3.05, 3.63) is 112 Å². The molecule has 0 saturated heterocycles. The second-order valence-electron chi connectivity index (χ2n) is 9.37. The van der Waals surface area contributed by atoms with Crippen LogP contribution in [0.15, 0.2) is 91.0 Å². The van der Waals surface area contributed by atoms with Crippen LogP contribution >= 0.6 is 23.2 Å².